The molecule has 30 heavy (non-hydrogen) atoms. The highest BCUT2D eigenvalue weighted by Gasteiger charge is 2.46. The molecule has 2 heterocycles. The number of amides is 1. The van der Waals surface area contributed by atoms with Crippen LogP contribution in [0.25, 0.3) is 5.76 Å². The molecule has 1 aromatic carbocycles. The molecule has 1 amide bonds. The maximum absolute atomic E-state index is 12.8. The minimum atomic E-state index is -0.623. The van der Waals surface area contributed by atoms with Gasteiger partial charge in [-0.25, -0.2) is 0 Å². The van der Waals surface area contributed by atoms with Crippen molar-refractivity contribution in [2.45, 2.75) is 52.0 Å². The number of thiophene rings is 1. The lowest BCUT2D eigenvalue weighted by molar-refractivity contribution is -0.139. The van der Waals surface area contributed by atoms with Crippen molar-refractivity contribution < 1.29 is 19.4 Å². The number of ketones is 1. The Morgan fingerprint density at radius 3 is 2.43 bits per heavy atom. The third kappa shape index (κ3) is 4.75. The van der Waals surface area contributed by atoms with Gasteiger partial charge in [-0.05, 0) is 48.6 Å². The molecule has 2 aromatic rings. The Bertz CT molecular complexity index is 886. The Kier molecular flexibility index (Phi) is 7.69. The van der Waals surface area contributed by atoms with Crippen LogP contribution in [-0.4, -0.2) is 34.8 Å². The number of aliphatic hydroxyl groups excluding tert-OH is 1. The SMILES string of the molecule is CCCCCOc1ccc(/C(O)=C2/C(=O)C(=O)N(CCCC)C2c2cccs2)cc1. The summed E-state index contributed by atoms with van der Waals surface area (Å²) in [4.78, 5) is 28.0. The molecule has 0 bridgehead atoms. The zero-order valence-corrected chi connectivity index (χ0v) is 18.4. The standard InChI is InChI=1S/C24H29NO4S/c1-3-5-7-15-29-18-12-10-17(11-13-18)22(26)20-21(19-9-8-16-30-19)25(14-6-4-2)24(28)23(20)27/h8-13,16,21,26H,3-7,14-15H2,1-2H3/b22-20-. The van der Waals surface area contributed by atoms with Gasteiger partial charge >= 0.3 is 0 Å². The van der Waals surface area contributed by atoms with Crippen molar-refractivity contribution in [2.24, 2.45) is 0 Å². The van der Waals surface area contributed by atoms with Gasteiger partial charge in [-0.3, -0.25) is 9.59 Å². The van der Waals surface area contributed by atoms with Gasteiger partial charge in [0, 0.05) is 17.0 Å². The van der Waals surface area contributed by atoms with Gasteiger partial charge in [0.25, 0.3) is 11.7 Å². The van der Waals surface area contributed by atoms with Crippen molar-refractivity contribution in [2.75, 3.05) is 13.2 Å². The predicted octanol–water partition coefficient (Wildman–Crippen LogP) is 5.54. The van der Waals surface area contributed by atoms with Crippen molar-refractivity contribution in [3.63, 3.8) is 0 Å². The summed E-state index contributed by atoms with van der Waals surface area (Å²) < 4.78 is 5.72. The Morgan fingerprint density at radius 2 is 1.80 bits per heavy atom. The van der Waals surface area contributed by atoms with Gasteiger partial charge in [0.15, 0.2) is 0 Å². The molecule has 1 unspecified atom stereocenters. The zero-order valence-electron chi connectivity index (χ0n) is 17.6. The number of ether oxygens (including phenoxy) is 1. The summed E-state index contributed by atoms with van der Waals surface area (Å²) in [7, 11) is 0. The fourth-order valence-electron chi connectivity index (χ4n) is 3.59. The Balaban J connectivity index is 1.89. The molecule has 0 aliphatic carbocycles. The van der Waals surface area contributed by atoms with Gasteiger partial charge in [-0.15, -0.1) is 11.3 Å². The highest BCUT2D eigenvalue weighted by molar-refractivity contribution is 7.10. The predicted molar refractivity (Wildman–Crippen MR) is 120 cm³/mol. The fraction of sp³-hybridized carbons (Fsp3) is 0.417. The summed E-state index contributed by atoms with van der Waals surface area (Å²) in [5, 5.41) is 12.9. The molecule has 1 aliphatic rings. The number of Topliss-reactive ketones (excluding diaryl/α,β-unsaturated/α-hetero) is 1. The Hall–Kier alpha value is -2.60. The van der Waals surface area contributed by atoms with Crippen molar-refractivity contribution in [1.82, 2.24) is 4.90 Å². The highest BCUT2D eigenvalue weighted by Crippen LogP contribution is 2.41. The van der Waals surface area contributed by atoms with Crippen LogP contribution in [0.3, 0.4) is 0 Å². The van der Waals surface area contributed by atoms with Crippen molar-refractivity contribution in [1.29, 1.82) is 0 Å². The smallest absolute Gasteiger partial charge is 0.295 e. The second kappa shape index (κ2) is 10.4. The highest BCUT2D eigenvalue weighted by atomic mass is 32.1. The van der Waals surface area contributed by atoms with E-state index in [1.165, 1.54) is 11.3 Å². The molecule has 5 nitrogen and oxygen atoms in total. The molecule has 0 spiro atoms. The van der Waals surface area contributed by atoms with E-state index in [0.717, 1.165) is 42.7 Å². The van der Waals surface area contributed by atoms with Crippen LogP contribution in [0.1, 0.15) is 62.4 Å². The molecule has 1 saturated heterocycles. The van der Waals surface area contributed by atoms with E-state index in [1.54, 1.807) is 29.2 Å². The maximum atomic E-state index is 12.8. The van der Waals surface area contributed by atoms with E-state index < -0.39 is 17.7 Å². The van der Waals surface area contributed by atoms with E-state index in [4.69, 9.17) is 4.74 Å². The number of benzene rings is 1. The fourth-order valence-corrected chi connectivity index (χ4v) is 4.43. The number of carbonyl (C=O) groups excluding carboxylic acids is 2. The van der Waals surface area contributed by atoms with Crippen LogP contribution in [0.15, 0.2) is 47.4 Å². The maximum Gasteiger partial charge on any atom is 0.295 e. The van der Waals surface area contributed by atoms with Crippen LogP contribution in [0.5, 0.6) is 5.75 Å². The van der Waals surface area contributed by atoms with Crippen LogP contribution in [0.2, 0.25) is 0 Å². The monoisotopic (exact) mass is 427 g/mol. The summed E-state index contributed by atoms with van der Waals surface area (Å²) >= 11 is 1.48. The summed E-state index contributed by atoms with van der Waals surface area (Å²) in [5.41, 5.74) is 0.668. The lowest BCUT2D eigenvalue weighted by Gasteiger charge is -2.23. The van der Waals surface area contributed by atoms with Gasteiger partial charge in [0.05, 0.1) is 18.2 Å². The first kappa shape index (κ1) is 22.1. The third-order valence-corrected chi connectivity index (χ3v) is 6.17. The van der Waals surface area contributed by atoms with Crippen molar-refractivity contribution in [3.8, 4) is 5.75 Å². The summed E-state index contributed by atoms with van der Waals surface area (Å²) in [5.74, 6) is -0.578. The van der Waals surface area contributed by atoms with Gasteiger partial charge < -0.3 is 14.7 Å². The first-order valence-electron chi connectivity index (χ1n) is 10.6. The van der Waals surface area contributed by atoms with Crippen molar-refractivity contribution >= 4 is 28.8 Å². The molecular formula is C24H29NO4S. The minimum Gasteiger partial charge on any atom is -0.507 e. The van der Waals surface area contributed by atoms with Crippen LogP contribution >= 0.6 is 11.3 Å². The number of carbonyl (C=O) groups is 2. The lowest BCUT2D eigenvalue weighted by atomic mass is 10.00. The van der Waals surface area contributed by atoms with E-state index in [9.17, 15) is 14.7 Å². The first-order chi connectivity index (χ1) is 14.6. The minimum absolute atomic E-state index is 0.136. The number of unbranched alkanes of at least 4 members (excludes halogenated alkanes) is 3. The molecule has 160 valence electrons. The normalized spacial score (nSPS) is 18.2. The van der Waals surface area contributed by atoms with E-state index >= 15 is 0 Å². The van der Waals surface area contributed by atoms with E-state index in [0.29, 0.717) is 18.7 Å². The molecule has 0 saturated carbocycles. The van der Waals surface area contributed by atoms with Crippen LogP contribution < -0.4 is 4.74 Å². The van der Waals surface area contributed by atoms with E-state index in [2.05, 4.69) is 6.92 Å². The molecule has 1 fully saturated rings. The lowest BCUT2D eigenvalue weighted by Crippen LogP contribution is -2.30. The number of aliphatic hydroxyl groups is 1. The van der Waals surface area contributed by atoms with Gasteiger partial charge in [0.1, 0.15) is 11.5 Å². The average Bonchev–Trinajstić information content (AvgIpc) is 3.37. The quantitative estimate of drug-likeness (QED) is 0.234. The summed E-state index contributed by atoms with van der Waals surface area (Å²) in [6.07, 6.45) is 4.98. The van der Waals surface area contributed by atoms with E-state index in [-0.39, 0.29) is 11.3 Å². The molecular weight excluding hydrogens is 398 g/mol. The molecule has 0 radical (unpaired) electrons. The third-order valence-electron chi connectivity index (χ3n) is 5.25. The molecule has 6 heteroatoms. The number of hydrogen-bond acceptors (Lipinski definition) is 5. The second-order valence-electron chi connectivity index (χ2n) is 7.44. The van der Waals surface area contributed by atoms with Crippen LogP contribution in [0, 0.1) is 0 Å². The van der Waals surface area contributed by atoms with Gasteiger partial charge in [-0.2, -0.15) is 0 Å². The van der Waals surface area contributed by atoms with E-state index in [1.807, 2.05) is 24.4 Å². The second-order valence-corrected chi connectivity index (χ2v) is 8.42. The van der Waals surface area contributed by atoms with Crippen LogP contribution in [-0.2, 0) is 9.59 Å². The summed E-state index contributed by atoms with van der Waals surface area (Å²) in [6.45, 7) is 5.33. The first-order valence-corrected chi connectivity index (χ1v) is 11.5. The topological polar surface area (TPSA) is 66.8 Å². The molecule has 3 rings (SSSR count). The van der Waals surface area contributed by atoms with Crippen LogP contribution in [0.4, 0.5) is 0 Å². The molecule has 1 atom stereocenters. The van der Waals surface area contributed by atoms with Crippen molar-refractivity contribution in [3.05, 3.63) is 57.8 Å². The number of hydrogen-bond donors (Lipinski definition) is 1. The van der Waals surface area contributed by atoms with Gasteiger partial charge in [-0.1, -0.05) is 39.2 Å². The molecule has 1 aromatic heterocycles. The zero-order chi connectivity index (χ0) is 21.5. The number of rotatable bonds is 10. The number of nitrogens with zero attached hydrogens (tertiary/aromatic N) is 1. The molecule has 1 aliphatic heterocycles. The Morgan fingerprint density at radius 1 is 1.07 bits per heavy atom. The van der Waals surface area contributed by atoms with Gasteiger partial charge in [0.2, 0.25) is 0 Å². The Labute approximate surface area is 182 Å². The number of likely N-dealkylation sites (tertiary alicyclic amines) is 1. The molecule has 1 N–H and O–H groups in total. The average molecular weight is 428 g/mol. The summed E-state index contributed by atoms with van der Waals surface area (Å²) in [6, 6.07) is 10.3. The largest absolute Gasteiger partial charge is 0.507 e.